The first-order chi connectivity index (χ1) is 9.69. The van der Waals surface area contributed by atoms with Crippen LogP contribution in [0.1, 0.15) is 31.7 Å². The molecule has 0 aromatic heterocycles. The maximum atomic E-state index is 13.4. The van der Waals surface area contributed by atoms with E-state index >= 15 is 0 Å². The van der Waals surface area contributed by atoms with Gasteiger partial charge in [0.15, 0.2) is 0 Å². The number of hydrogen-bond donors (Lipinski definition) is 1. The topological polar surface area (TPSA) is 32.3 Å². The highest BCUT2D eigenvalue weighted by Gasteiger charge is 2.24. The lowest BCUT2D eigenvalue weighted by Crippen LogP contribution is -2.38. The molecule has 0 spiro atoms. The molecule has 0 atom stereocenters. The highest BCUT2D eigenvalue weighted by molar-refractivity contribution is 5.78. The van der Waals surface area contributed by atoms with Gasteiger partial charge >= 0.3 is 0 Å². The number of nitrogens with one attached hydrogen (secondary N) is 1. The van der Waals surface area contributed by atoms with Gasteiger partial charge in [0, 0.05) is 18.7 Å². The predicted octanol–water partition coefficient (Wildman–Crippen LogP) is 2.56. The molecule has 0 radical (unpaired) electrons. The minimum atomic E-state index is -0.267. The van der Waals surface area contributed by atoms with Crippen molar-refractivity contribution in [1.29, 1.82) is 0 Å². The van der Waals surface area contributed by atoms with Gasteiger partial charge in [-0.15, -0.1) is 0 Å². The van der Waals surface area contributed by atoms with Crippen molar-refractivity contribution in [2.45, 2.75) is 32.7 Å². The Morgan fingerprint density at radius 3 is 2.80 bits per heavy atom. The van der Waals surface area contributed by atoms with E-state index < -0.39 is 0 Å². The van der Waals surface area contributed by atoms with Gasteiger partial charge in [0.05, 0.1) is 6.54 Å². The van der Waals surface area contributed by atoms with Crippen molar-refractivity contribution in [2.24, 2.45) is 5.92 Å². The second-order valence-electron chi connectivity index (χ2n) is 5.55. The standard InChI is InChI=1S/C16H23FN2O/c1-2-9-19(11-13-7-8-13)12-16(20)18-10-14-5-3-4-6-15(14)17/h3-6,13H,2,7-12H2,1H3,(H,18,20). The summed E-state index contributed by atoms with van der Waals surface area (Å²) >= 11 is 0. The van der Waals surface area contributed by atoms with Crippen molar-refractivity contribution >= 4 is 5.91 Å². The van der Waals surface area contributed by atoms with Crippen LogP contribution in [-0.4, -0.2) is 30.4 Å². The van der Waals surface area contributed by atoms with Crippen molar-refractivity contribution in [3.63, 3.8) is 0 Å². The second-order valence-corrected chi connectivity index (χ2v) is 5.55. The molecular weight excluding hydrogens is 255 g/mol. The molecule has 1 amide bonds. The van der Waals surface area contributed by atoms with Gasteiger partial charge in [-0.25, -0.2) is 4.39 Å². The summed E-state index contributed by atoms with van der Waals surface area (Å²) in [6.45, 7) is 4.76. The molecule has 1 fully saturated rings. The second kappa shape index (κ2) is 7.39. The van der Waals surface area contributed by atoms with Gasteiger partial charge in [0.2, 0.25) is 5.91 Å². The fourth-order valence-electron chi connectivity index (χ4n) is 2.31. The molecule has 20 heavy (non-hydrogen) atoms. The Labute approximate surface area is 120 Å². The van der Waals surface area contributed by atoms with Crippen LogP contribution in [0.25, 0.3) is 0 Å². The van der Waals surface area contributed by atoms with E-state index in [1.165, 1.54) is 18.9 Å². The number of rotatable bonds is 8. The van der Waals surface area contributed by atoms with Gasteiger partial charge in [-0.1, -0.05) is 25.1 Å². The van der Waals surface area contributed by atoms with E-state index in [4.69, 9.17) is 0 Å². The number of hydrogen-bond acceptors (Lipinski definition) is 2. The molecule has 1 aliphatic carbocycles. The monoisotopic (exact) mass is 278 g/mol. The summed E-state index contributed by atoms with van der Waals surface area (Å²) in [4.78, 5) is 14.1. The van der Waals surface area contributed by atoms with Crippen molar-refractivity contribution in [3.05, 3.63) is 35.6 Å². The molecule has 0 heterocycles. The highest BCUT2D eigenvalue weighted by Crippen LogP contribution is 2.29. The third-order valence-electron chi connectivity index (χ3n) is 3.55. The highest BCUT2D eigenvalue weighted by atomic mass is 19.1. The molecule has 1 aliphatic rings. The van der Waals surface area contributed by atoms with E-state index in [2.05, 4.69) is 17.1 Å². The number of halogens is 1. The molecule has 0 aliphatic heterocycles. The lowest BCUT2D eigenvalue weighted by molar-refractivity contribution is -0.122. The molecule has 4 heteroatoms. The van der Waals surface area contributed by atoms with Gasteiger partial charge in [-0.2, -0.15) is 0 Å². The zero-order valence-corrected chi connectivity index (χ0v) is 12.1. The van der Waals surface area contributed by atoms with E-state index in [0.29, 0.717) is 12.1 Å². The zero-order chi connectivity index (χ0) is 14.4. The van der Waals surface area contributed by atoms with Crippen molar-refractivity contribution in [2.75, 3.05) is 19.6 Å². The normalized spacial score (nSPS) is 14.6. The maximum absolute atomic E-state index is 13.4. The van der Waals surface area contributed by atoms with E-state index in [1.54, 1.807) is 18.2 Å². The molecule has 3 nitrogen and oxygen atoms in total. The number of carbonyl (C=O) groups is 1. The zero-order valence-electron chi connectivity index (χ0n) is 12.1. The fraction of sp³-hybridized carbons (Fsp3) is 0.562. The average molecular weight is 278 g/mol. The molecule has 1 N–H and O–H groups in total. The van der Waals surface area contributed by atoms with Crippen LogP contribution < -0.4 is 5.32 Å². The van der Waals surface area contributed by atoms with Crippen LogP contribution >= 0.6 is 0 Å². The van der Waals surface area contributed by atoms with Crippen LogP contribution in [0.4, 0.5) is 4.39 Å². The minimum Gasteiger partial charge on any atom is -0.351 e. The van der Waals surface area contributed by atoms with Crippen LogP contribution in [0.2, 0.25) is 0 Å². The van der Waals surface area contributed by atoms with E-state index in [-0.39, 0.29) is 18.3 Å². The van der Waals surface area contributed by atoms with Crippen LogP contribution in [0, 0.1) is 11.7 Å². The quantitative estimate of drug-likeness (QED) is 0.792. The molecule has 2 rings (SSSR count). The molecule has 0 unspecified atom stereocenters. The van der Waals surface area contributed by atoms with Crippen LogP contribution in [0.3, 0.4) is 0 Å². The van der Waals surface area contributed by atoms with Gasteiger partial charge in [-0.05, 0) is 37.8 Å². The lowest BCUT2D eigenvalue weighted by atomic mass is 10.2. The number of benzene rings is 1. The van der Waals surface area contributed by atoms with E-state index in [1.807, 2.05) is 0 Å². The predicted molar refractivity (Wildman–Crippen MR) is 77.7 cm³/mol. The maximum Gasteiger partial charge on any atom is 0.234 e. The third kappa shape index (κ3) is 4.93. The van der Waals surface area contributed by atoms with Crippen LogP contribution in [0.5, 0.6) is 0 Å². The molecular formula is C16H23FN2O. The first-order valence-corrected chi connectivity index (χ1v) is 7.41. The fourth-order valence-corrected chi connectivity index (χ4v) is 2.31. The summed E-state index contributed by atoms with van der Waals surface area (Å²) in [5, 5.41) is 2.80. The van der Waals surface area contributed by atoms with Crippen LogP contribution in [0.15, 0.2) is 24.3 Å². The molecule has 110 valence electrons. The van der Waals surface area contributed by atoms with Crippen molar-refractivity contribution in [1.82, 2.24) is 10.2 Å². The van der Waals surface area contributed by atoms with Crippen molar-refractivity contribution < 1.29 is 9.18 Å². The van der Waals surface area contributed by atoms with Gasteiger partial charge in [0.1, 0.15) is 5.82 Å². The van der Waals surface area contributed by atoms with Gasteiger partial charge < -0.3 is 5.32 Å². The first-order valence-electron chi connectivity index (χ1n) is 7.41. The lowest BCUT2D eigenvalue weighted by Gasteiger charge is -2.20. The third-order valence-corrected chi connectivity index (χ3v) is 3.55. The molecule has 0 bridgehead atoms. The summed E-state index contributed by atoms with van der Waals surface area (Å²) in [6, 6.07) is 6.54. The molecule has 1 saturated carbocycles. The smallest absolute Gasteiger partial charge is 0.234 e. The molecule has 1 aromatic rings. The minimum absolute atomic E-state index is 0.0256. The Morgan fingerprint density at radius 1 is 1.40 bits per heavy atom. The average Bonchev–Trinajstić information content (AvgIpc) is 3.22. The van der Waals surface area contributed by atoms with Crippen LogP contribution in [-0.2, 0) is 11.3 Å². The summed E-state index contributed by atoms with van der Waals surface area (Å²) in [5.41, 5.74) is 0.532. The van der Waals surface area contributed by atoms with Gasteiger partial charge in [0.25, 0.3) is 0 Å². The van der Waals surface area contributed by atoms with E-state index in [9.17, 15) is 9.18 Å². The number of carbonyl (C=O) groups excluding carboxylic acids is 1. The number of amides is 1. The summed E-state index contributed by atoms with van der Waals surface area (Å²) < 4.78 is 13.4. The first kappa shape index (κ1) is 15.0. The van der Waals surface area contributed by atoms with Gasteiger partial charge in [-0.3, -0.25) is 9.69 Å². The summed E-state index contributed by atoms with van der Waals surface area (Å²) in [7, 11) is 0. The Bertz CT molecular complexity index is 446. The molecule has 0 saturated heterocycles. The van der Waals surface area contributed by atoms with Crippen molar-refractivity contribution in [3.8, 4) is 0 Å². The summed E-state index contributed by atoms with van der Waals surface area (Å²) in [6.07, 6.45) is 3.63. The SMILES string of the molecule is CCCN(CC(=O)NCc1ccccc1F)CC1CC1. The number of nitrogens with zero attached hydrogens (tertiary/aromatic N) is 1. The Balaban J connectivity index is 1.77. The van der Waals surface area contributed by atoms with E-state index in [0.717, 1.165) is 25.4 Å². The molecule has 1 aromatic carbocycles. The largest absolute Gasteiger partial charge is 0.351 e. The Hall–Kier alpha value is -1.42. The Morgan fingerprint density at radius 2 is 2.15 bits per heavy atom. The Kier molecular flexibility index (Phi) is 5.53. The summed E-state index contributed by atoms with van der Waals surface area (Å²) in [5.74, 6) is 0.486.